The Bertz CT molecular complexity index is 626. The lowest BCUT2D eigenvalue weighted by Gasteiger charge is -2.04. The number of aryl methyl sites for hydroxylation is 1. The van der Waals surface area contributed by atoms with Crippen molar-refractivity contribution in [2.75, 3.05) is 7.11 Å². The van der Waals surface area contributed by atoms with Gasteiger partial charge in [0.25, 0.3) is 0 Å². The quantitative estimate of drug-likeness (QED) is 0.766. The number of carbonyl (C=O) groups excluding carboxylic acids is 1. The number of methoxy groups -OCH3 is 1. The van der Waals surface area contributed by atoms with Crippen LogP contribution in [0.2, 0.25) is 0 Å². The number of hydrogen-bond acceptors (Lipinski definition) is 2. The van der Waals surface area contributed by atoms with Gasteiger partial charge in [0.05, 0.1) is 7.11 Å². The summed E-state index contributed by atoms with van der Waals surface area (Å²) in [6.45, 7) is 2.15. The Kier molecular flexibility index (Phi) is 3.78. The lowest BCUT2D eigenvalue weighted by atomic mass is 10.0. The van der Waals surface area contributed by atoms with E-state index in [2.05, 4.69) is 31.2 Å². The number of ether oxygens (including phenoxy) is 1. The zero-order valence-corrected chi connectivity index (χ0v) is 12.5. The maximum absolute atomic E-state index is 12.5. The van der Waals surface area contributed by atoms with Crippen molar-refractivity contribution < 1.29 is 9.53 Å². The number of carbonyl (C=O) groups is 1. The molecule has 0 spiro atoms. The Labute approximate surface area is 125 Å². The number of benzene rings is 2. The summed E-state index contributed by atoms with van der Waals surface area (Å²) < 4.78 is 5.13. The molecule has 0 N–H and O–H groups in total. The number of hydrogen-bond donors (Lipinski definition) is 0. The first-order valence-corrected chi connectivity index (χ1v) is 7.50. The van der Waals surface area contributed by atoms with Gasteiger partial charge in [-0.15, -0.1) is 0 Å². The van der Waals surface area contributed by atoms with Gasteiger partial charge in [-0.05, 0) is 54.2 Å². The normalized spacial score (nSPS) is 20.1. The molecule has 0 radical (unpaired) electrons. The van der Waals surface area contributed by atoms with E-state index in [0.29, 0.717) is 5.92 Å². The van der Waals surface area contributed by atoms with Crippen LogP contribution in [0.25, 0.3) is 0 Å². The zero-order chi connectivity index (χ0) is 14.8. The molecule has 21 heavy (non-hydrogen) atoms. The minimum absolute atomic E-state index is 0.144. The fourth-order valence-electron chi connectivity index (χ4n) is 2.82. The van der Waals surface area contributed by atoms with Crippen molar-refractivity contribution in [3.63, 3.8) is 0 Å². The molecule has 2 aromatic carbocycles. The van der Waals surface area contributed by atoms with Crippen LogP contribution < -0.4 is 4.74 Å². The van der Waals surface area contributed by atoms with Crippen molar-refractivity contribution in [2.45, 2.75) is 25.7 Å². The summed E-state index contributed by atoms with van der Waals surface area (Å²) in [4.78, 5) is 12.5. The van der Waals surface area contributed by atoms with Gasteiger partial charge in [-0.2, -0.15) is 0 Å². The first-order chi connectivity index (χ1) is 10.2. The van der Waals surface area contributed by atoms with Gasteiger partial charge in [0, 0.05) is 11.5 Å². The molecule has 2 nitrogen and oxygen atoms in total. The van der Waals surface area contributed by atoms with Crippen molar-refractivity contribution in [1.82, 2.24) is 0 Å². The molecule has 108 valence electrons. The topological polar surface area (TPSA) is 26.3 Å². The molecule has 1 aliphatic carbocycles. The Morgan fingerprint density at radius 1 is 1.10 bits per heavy atom. The summed E-state index contributed by atoms with van der Waals surface area (Å²) in [6, 6.07) is 16.1. The number of ketones is 1. The average molecular weight is 280 g/mol. The highest BCUT2D eigenvalue weighted by Crippen LogP contribution is 2.49. The van der Waals surface area contributed by atoms with Crippen LogP contribution in [-0.4, -0.2) is 12.9 Å². The summed E-state index contributed by atoms with van der Waals surface area (Å²) in [5, 5.41) is 0. The monoisotopic (exact) mass is 280 g/mol. The summed E-state index contributed by atoms with van der Waals surface area (Å²) in [5.41, 5.74) is 3.42. The van der Waals surface area contributed by atoms with Crippen LogP contribution in [0.15, 0.2) is 48.5 Å². The molecule has 0 amide bonds. The van der Waals surface area contributed by atoms with Crippen molar-refractivity contribution in [1.29, 1.82) is 0 Å². The summed E-state index contributed by atoms with van der Waals surface area (Å²) in [7, 11) is 1.63. The second-order valence-corrected chi connectivity index (χ2v) is 5.64. The highest BCUT2D eigenvalue weighted by Gasteiger charge is 2.43. The third kappa shape index (κ3) is 2.85. The van der Waals surface area contributed by atoms with Crippen LogP contribution >= 0.6 is 0 Å². The minimum Gasteiger partial charge on any atom is -0.497 e. The fourth-order valence-corrected chi connectivity index (χ4v) is 2.82. The fraction of sp³-hybridized carbons (Fsp3) is 0.316. The molecular weight excluding hydrogens is 260 g/mol. The largest absolute Gasteiger partial charge is 0.497 e. The van der Waals surface area contributed by atoms with Crippen LogP contribution in [0.4, 0.5) is 0 Å². The Morgan fingerprint density at radius 3 is 2.33 bits per heavy atom. The van der Waals surface area contributed by atoms with E-state index in [9.17, 15) is 4.79 Å². The standard InChI is InChI=1S/C19H20O2/c1-3-13-4-6-14(7-5-13)17-12-18(17)19(20)15-8-10-16(21-2)11-9-15/h4-11,17-18H,3,12H2,1-2H3. The van der Waals surface area contributed by atoms with Gasteiger partial charge >= 0.3 is 0 Å². The predicted molar refractivity (Wildman–Crippen MR) is 84.0 cm³/mol. The van der Waals surface area contributed by atoms with Gasteiger partial charge < -0.3 is 4.74 Å². The molecule has 1 fully saturated rings. The molecule has 2 heteroatoms. The van der Waals surface area contributed by atoms with Gasteiger partial charge in [0.15, 0.2) is 5.78 Å². The van der Waals surface area contributed by atoms with Gasteiger partial charge in [-0.25, -0.2) is 0 Å². The first-order valence-electron chi connectivity index (χ1n) is 7.50. The average Bonchev–Trinajstić information content (AvgIpc) is 3.35. The molecule has 1 saturated carbocycles. The van der Waals surface area contributed by atoms with Crippen LogP contribution in [-0.2, 0) is 6.42 Å². The van der Waals surface area contributed by atoms with E-state index in [-0.39, 0.29) is 11.7 Å². The second-order valence-electron chi connectivity index (χ2n) is 5.64. The predicted octanol–water partition coefficient (Wildman–Crippen LogP) is 4.24. The zero-order valence-electron chi connectivity index (χ0n) is 12.5. The lowest BCUT2D eigenvalue weighted by molar-refractivity contribution is 0.0965. The molecule has 0 aliphatic heterocycles. The molecule has 3 rings (SSSR count). The third-order valence-corrected chi connectivity index (χ3v) is 4.32. The smallest absolute Gasteiger partial charge is 0.166 e. The molecule has 2 atom stereocenters. The summed E-state index contributed by atoms with van der Waals surface area (Å²) >= 11 is 0. The van der Waals surface area contributed by atoms with Gasteiger partial charge in [0.2, 0.25) is 0 Å². The highest BCUT2D eigenvalue weighted by atomic mass is 16.5. The van der Waals surface area contributed by atoms with E-state index in [1.54, 1.807) is 7.11 Å². The van der Waals surface area contributed by atoms with Crippen LogP contribution in [0.3, 0.4) is 0 Å². The Morgan fingerprint density at radius 2 is 1.76 bits per heavy atom. The molecule has 2 aromatic rings. The highest BCUT2D eigenvalue weighted by molar-refractivity contribution is 6.00. The molecule has 0 bridgehead atoms. The molecular formula is C19H20O2. The number of rotatable bonds is 5. The van der Waals surface area contributed by atoms with E-state index in [4.69, 9.17) is 4.74 Å². The maximum atomic E-state index is 12.5. The van der Waals surface area contributed by atoms with Crippen molar-refractivity contribution in [3.8, 4) is 5.75 Å². The maximum Gasteiger partial charge on any atom is 0.166 e. The van der Waals surface area contributed by atoms with Crippen LogP contribution in [0.1, 0.15) is 40.7 Å². The Hall–Kier alpha value is -2.09. The SMILES string of the molecule is CCc1ccc(C2CC2C(=O)c2ccc(OC)cc2)cc1. The van der Waals surface area contributed by atoms with E-state index in [0.717, 1.165) is 24.2 Å². The second kappa shape index (κ2) is 5.72. The van der Waals surface area contributed by atoms with Crippen molar-refractivity contribution in [2.24, 2.45) is 5.92 Å². The van der Waals surface area contributed by atoms with Crippen molar-refractivity contribution >= 4 is 5.78 Å². The van der Waals surface area contributed by atoms with E-state index in [1.807, 2.05) is 24.3 Å². The minimum atomic E-state index is 0.144. The van der Waals surface area contributed by atoms with Gasteiger partial charge in [-0.3, -0.25) is 4.79 Å². The van der Waals surface area contributed by atoms with Crippen LogP contribution in [0.5, 0.6) is 5.75 Å². The lowest BCUT2D eigenvalue weighted by Crippen LogP contribution is -2.03. The Balaban J connectivity index is 1.69. The van der Waals surface area contributed by atoms with Gasteiger partial charge in [-0.1, -0.05) is 31.2 Å². The molecule has 0 heterocycles. The first kappa shape index (κ1) is 13.9. The van der Waals surface area contributed by atoms with E-state index in [1.165, 1.54) is 11.1 Å². The number of Topliss-reactive ketones (excluding diaryl/α,β-unsaturated/α-hetero) is 1. The molecule has 2 unspecified atom stereocenters. The van der Waals surface area contributed by atoms with Crippen molar-refractivity contribution in [3.05, 3.63) is 65.2 Å². The van der Waals surface area contributed by atoms with Crippen LogP contribution in [0, 0.1) is 5.92 Å². The summed E-state index contributed by atoms with van der Waals surface area (Å²) in [5.74, 6) is 1.58. The third-order valence-electron chi connectivity index (χ3n) is 4.32. The van der Waals surface area contributed by atoms with E-state index >= 15 is 0 Å². The van der Waals surface area contributed by atoms with E-state index < -0.39 is 0 Å². The summed E-state index contributed by atoms with van der Waals surface area (Å²) in [6.07, 6.45) is 2.02. The molecule has 0 aromatic heterocycles. The van der Waals surface area contributed by atoms with Gasteiger partial charge in [0.1, 0.15) is 5.75 Å². The molecule has 1 aliphatic rings. The molecule has 0 saturated heterocycles.